The Balaban J connectivity index is 1.34. The summed E-state index contributed by atoms with van der Waals surface area (Å²) in [5.41, 5.74) is 16.3. The van der Waals surface area contributed by atoms with Gasteiger partial charge in [-0.15, -0.1) is 0 Å². The van der Waals surface area contributed by atoms with Crippen LogP contribution in [0.15, 0.2) is 146 Å². The van der Waals surface area contributed by atoms with Gasteiger partial charge in [-0.1, -0.05) is 172 Å². The Labute approximate surface area is 346 Å². The molecule has 0 fully saturated rings. The third-order valence-electron chi connectivity index (χ3n) is 11.7. The molecule has 1 atom stereocenters. The predicted octanol–water partition coefficient (Wildman–Crippen LogP) is 13.9. The van der Waals surface area contributed by atoms with Gasteiger partial charge in [-0.05, 0) is 97.2 Å². The number of phenols is 1. The molecule has 2 heterocycles. The van der Waals surface area contributed by atoms with E-state index in [1.54, 1.807) is 0 Å². The van der Waals surface area contributed by atoms with Crippen molar-refractivity contribution in [1.29, 1.82) is 0 Å². The zero-order valence-corrected chi connectivity index (χ0v) is 35.5. The molecule has 1 unspecified atom stereocenters. The van der Waals surface area contributed by atoms with E-state index in [4.69, 9.17) is 0 Å². The summed E-state index contributed by atoms with van der Waals surface area (Å²) in [6, 6.07) is 48.0. The fourth-order valence-electron chi connectivity index (χ4n) is 8.29. The van der Waals surface area contributed by atoms with E-state index in [0.717, 1.165) is 68.2 Å². The van der Waals surface area contributed by atoms with Crippen LogP contribution in [0.3, 0.4) is 0 Å². The lowest BCUT2D eigenvalue weighted by Gasteiger charge is -2.33. The molecule has 2 aliphatic heterocycles. The predicted molar refractivity (Wildman–Crippen MR) is 247 cm³/mol. The van der Waals surface area contributed by atoms with E-state index in [9.17, 15) is 5.11 Å². The second-order valence-electron chi connectivity index (χ2n) is 19.0. The average molecular weight is 764 g/mol. The highest BCUT2D eigenvalue weighted by Gasteiger charge is 2.38. The van der Waals surface area contributed by atoms with Crippen molar-refractivity contribution in [3.63, 3.8) is 0 Å². The summed E-state index contributed by atoms with van der Waals surface area (Å²) in [6.07, 6.45) is 4.09. The fourth-order valence-corrected chi connectivity index (χ4v) is 8.29. The van der Waals surface area contributed by atoms with Crippen LogP contribution in [-0.2, 0) is 16.2 Å². The number of allylic oxidation sites excluding steroid dienone is 2. The average Bonchev–Trinajstić information content (AvgIpc) is 3.60. The Hall–Kier alpha value is -6.00. The molecule has 0 saturated carbocycles. The van der Waals surface area contributed by atoms with E-state index in [-0.39, 0.29) is 22.4 Å². The summed E-state index contributed by atoms with van der Waals surface area (Å²) in [7, 11) is 0. The van der Waals surface area contributed by atoms with E-state index in [1.165, 1.54) is 22.3 Å². The number of phenolic OH excluding ortho intramolecular Hbond substituents is 1. The van der Waals surface area contributed by atoms with E-state index >= 15 is 0 Å². The van der Waals surface area contributed by atoms with Crippen molar-refractivity contribution in [3.8, 4) is 28.0 Å². The minimum absolute atomic E-state index is 0.0812. The van der Waals surface area contributed by atoms with Crippen LogP contribution < -0.4 is 15.5 Å². The highest BCUT2D eigenvalue weighted by molar-refractivity contribution is 5.97. The molecule has 0 amide bonds. The van der Waals surface area contributed by atoms with Crippen LogP contribution in [0.1, 0.15) is 102 Å². The topological polar surface area (TPSA) is 47.5 Å². The van der Waals surface area contributed by atoms with Gasteiger partial charge in [0.2, 0.25) is 0 Å². The van der Waals surface area contributed by atoms with Gasteiger partial charge in [-0.25, -0.2) is 0 Å². The molecular formula is C54H57N3O. The third-order valence-corrected chi connectivity index (χ3v) is 11.7. The summed E-state index contributed by atoms with van der Waals surface area (Å²) in [5, 5.41) is 20.2. The lowest BCUT2D eigenvalue weighted by Crippen LogP contribution is -2.26. The Morgan fingerprint density at radius 2 is 1.12 bits per heavy atom. The number of anilines is 3. The van der Waals surface area contributed by atoms with Gasteiger partial charge in [-0.2, -0.15) is 0 Å². The van der Waals surface area contributed by atoms with Crippen molar-refractivity contribution in [2.24, 2.45) is 0 Å². The van der Waals surface area contributed by atoms with E-state index < -0.39 is 0 Å². The molecule has 6 aromatic rings. The molecule has 0 radical (unpaired) electrons. The van der Waals surface area contributed by atoms with Crippen LogP contribution in [0.25, 0.3) is 33.5 Å². The lowest BCUT2D eigenvalue weighted by atomic mass is 9.78. The second-order valence-corrected chi connectivity index (χ2v) is 19.0. The van der Waals surface area contributed by atoms with Crippen LogP contribution in [0.5, 0.6) is 5.75 Å². The molecule has 8 rings (SSSR count). The van der Waals surface area contributed by atoms with Crippen molar-refractivity contribution >= 4 is 28.3 Å². The zero-order valence-electron chi connectivity index (χ0n) is 35.5. The number of fused-ring (bicyclic) bond motifs is 1. The number of para-hydroxylation sites is 2. The van der Waals surface area contributed by atoms with Crippen molar-refractivity contribution in [1.82, 2.24) is 5.32 Å². The summed E-state index contributed by atoms with van der Waals surface area (Å²) in [6.45, 7) is 20.9. The minimum Gasteiger partial charge on any atom is -0.507 e. The smallest absolute Gasteiger partial charge is 0.134 e. The molecule has 4 nitrogen and oxygen atoms in total. The van der Waals surface area contributed by atoms with Crippen LogP contribution in [-0.4, -0.2) is 11.7 Å². The second kappa shape index (κ2) is 14.7. The van der Waals surface area contributed by atoms with E-state index in [1.807, 2.05) is 0 Å². The molecule has 294 valence electrons. The maximum Gasteiger partial charge on any atom is 0.134 e. The normalized spacial score (nSPS) is 15.6. The Morgan fingerprint density at radius 1 is 0.534 bits per heavy atom. The van der Waals surface area contributed by atoms with Crippen molar-refractivity contribution < 1.29 is 5.11 Å². The number of rotatable bonds is 6. The molecule has 58 heavy (non-hydrogen) atoms. The zero-order chi connectivity index (χ0) is 41.0. The number of nitrogens with one attached hydrogen (secondary N) is 2. The van der Waals surface area contributed by atoms with Crippen LogP contribution in [0, 0.1) is 0 Å². The first kappa shape index (κ1) is 38.9. The van der Waals surface area contributed by atoms with Gasteiger partial charge in [0.05, 0.1) is 17.1 Å². The first-order valence-electron chi connectivity index (χ1n) is 20.7. The molecule has 0 spiro atoms. The van der Waals surface area contributed by atoms with E-state index in [0.29, 0.717) is 5.75 Å². The molecule has 3 N–H and O–H groups in total. The van der Waals surface area contributed by atoms with Gasteiger partial charge in [0.1, 0.15) is 11.9 Å². The third kappa shape index (κ3) is 7.44. The SMILES string of the molecule is CC(C)(C)c1cc(C2=CC=C(c3ccccc3)CN2)cc(-c2cccc3c2NC(c2cc(C(C)(C)C)cc(C(C)(C)C)c2O)N3c2ccccc2-c2ccccc2)c1. The van der Waals surface area contributed by atoms with Gasteiger partial charge in [0.15, 0.2) is 0 Å². The minimum atomic E-state index is -0.390. The maximum absolute atomic E-state index is 12.4. The Bertz CT molecular complexity index is 2540. The lowest BCUT2D eigenvalue weighted by molar-refractivity contribution is 0.435. The number of aromatic hydroxyl groups is 1. The van der Waals surface area contributed by atoms with Gasteiger partial charge in [-0.3, -0.25) is 0 Å². The molecule has 0 aliphatic carbocycles. The molecule has 0 bridgehead atoms. The first-order chi connectivity index (χ1) is 27.6. The van der Waals surface area contributed by atoms with Crippen LogP contribution >= 0.6 is 0 Å². The quantitative estimate of drug-likeness (QED) is 0.158. The van der Waals surface area contributed by atoms with Gasteiger partial charge in [0.25, 0.3) is 0 Å². The molecule has 4 heteroatoms. The highest BCUT2D eigenvalue weighted by Crippen LogP contribution is 2.54. The maximum atomic E-state index is 12.4. The highest BCUT2D eigenvalue weighted by atomic mass is 16.3. The summed E-state index contributed by atoms with van der Waals surface area (Å²) in [4.78, 5) is 2.41. The van der Waals surface area contributed by atoms with Crippen molar-refractivity contribution in [2.45, 2.75) is 84.7 Å². The molecule has 0 saturated heterocycles. The van der Waals surface area contributed by atoms with Crippen molar-refractivity contribution in [2.75, 3.05) is 16.8 Å². The number of hydrogen-bond donors (Lipinski definition) is 3. The number of dihydropyridines is 1. The van der Waals surface area contributed by atoms with Gasteiger partial charge in [0, 0.05) is 28.9 Å². The molecular weight excluding hydrogens is 707 g/mol. The van der Waals surface area contributed by atoms with Crippen molar-refractivity contribution in [3.05, 3.63) is 179 Å². The van der Waals surface area contributed by atoms with Gasteiger partial charge >= 0.3 is 0 Å². The monoisotopic (exact) mass is 763 g/mol. The molecule has 2 aliphatic rings. The van der Waals surface area contributed by atoms with E-state index in [2.05, 4.69) is 223 Å². The molecule has 0 aromatic heterocycles. The molecule has 6 aromatic carbocycles. The Morgan fingerprint density at radius 3 is 1.76 bits per heavy atom. The summed E-state index contributed by atoms with van der Waals surface area (Å²) in [5.74, 6) is 0.338. The fraction of sp³-hybridized carbons (Fsp3) is 0.259. The Kier molecular flexibility index (Phi) is 9.88. The van der Waals surface area contributed by atoms with Crippen LogP contribution in [0.2, 0.25) is 0 Å². The standard InChI is InChI=1S/C54H57N3O/c1-52(2,3)40-30-38(29-39(31-40)46-28-27-37(34-55-46)35-19-12-10-13-20-35)43-24-18-26-48-49(43)56-51(44-32-41(53(4,5)6)33-45(50(44)58)54(7,8)9)57(48)47-25-17-16-23-42(47)36-21-14-11-15-22-36/h10-33,51,55-56,58H,34H2,1-9H3. The number of benzene rings is 6. The summed E-state index contributed by atoms with van der Waals surface area (Å²) >= 11 is 0. The van der Waals surface area contributed by atoms with Crippen LogP contribution in [0.4, 0.5) is 17.1 Å². The van der Waals surface area contributed by atoms with Gasteiger partial charge < -0.3 is 20.6 Å². The number of hydrogen-bond acceptors (Lipinski definition) is 4. The first-order valence-corrected chi connectivity index (χ1v) is 20.7. The number of nitrogens with zero attached hydrogens (tertiary/aromatic N) is 1. The largest absolute Gasteiger partial charge is 0.507 e. The summed E-state index contributed by atoms with van der Waals surface area (Å²) < 4.78 is 0.